The third-order valence-electron chi connectivity index (χ3n) is 0. The van der Waals surface area contributed by atoms with Gasteiger partial charge >= 0.3 is 23.9 Å². The first-order valence-corrected chi connectivity index (χ1v) is 0. The van der Waals surface area contributed by atoms with Crippen molar-refractivity contribution in [1.82, 2.24) is 0 Å². The summed E-state index contributed by atoms with van der Waals surface area (Å²) >= 11 is 0. The van der Waals surface area contributed by atoms with Gasteiger partial charge in [0.2, 0.25) is 0 Å². The van der Waals surface area contributed by atoms with Crippen molar-refractivity contribution in [3.05, 3.63) is 0 Å². The Bertz CT molecular complexity index is 3.90. The molecule has 0 nitrogen and oxygen atoms in total. The molecule has 0 heterocycles. The van der Waals surface area contributed by atoms with Crippen LogP contribution in [0.25, 0.3) is 0 Å². The van der Waals surface area contributed by atoms with Crippen LogP contribution in [0.4, 0.5) is 0 Å². The van der Waals surface area contributed by atoms with Crippen molar-refractivity contribution in [2.24, 2.45) is 0 Å². The van der Waals surface area contributed by atoms with Gasteiger partial charge in [-0.1, -0.05) is 0 Å². The predicted octanol–water partition coefficient (Wildman–Crippen LogP) is -0.929. The summed E-state index contributed by atoms with van der Waals surface area (Å²) in [7, 11) is 0. The van der Waals surface area contributed by atoms with E-state index in [0.717, 1.165) is 0 Å². The Morgan fingerprint density at radius 3 is 0.333 bits per heavy atom. The Morgan fingerprint density at radius 1 is 0.333 bits per heavy atom. The van der Waals surface area contributed by atoms with E-state index in [1.54, 1.807) is 0 Å². The van der Waals surface area contributed by atoms with Crippen LogP contribution >= 0.6 is 0 Å². The molecular weight excluding hydrogens is 658 g/mol. The molecule has 0 rings (SSSR count). The Balaban J connectivity index is 0. The van der Waals surface area contributed by atoms with E-state index >= 15 is 0 Å². The normalized spacial score (nSPS) is 0. The van der Waals surface area contributed by atoms with Gasteiger partial charge in [0.15, 0.2) is 0 Å². The van der Waals surface area contributed by atoms with Crippen LogP contribution in [0.15, 0.2) is 0 Å². The van der Waals surface area contributed by atoms with Crippen molar-refractivity contribution in [2.45, 2.75) is 0 Å². The van der Waals surface area contributed by atoms with E-state index in [2.05, 4.69) is 0 Å². The van der Waals surface area contributed by atoms with Gasteiger partial charge in [0.25, 0.3) is 0 Å². The van der Waals surface area contributed by atoms with Gasteiger partial charge in [-0.25, -0.2) is 0 Å². The first-order valence-electron chi connectivity index (χ1n) is 0. The van der Waals surface area contributed by atoms with Crippen LogP contribution in [-0.4, -0.2) is 23.9 Å². The quantitative estimate of drug-likeness (QED) is 0.295. The summed E-state index contributed by atoms with van der Waals surface area (Å²) in [5.41, 5.74) is 0. The molecule has 0 saturated heterocycles. The van der Waals surface area contributed by atoms with Crippen LogP contribution in [0.5, 0.6) is 0 Å². The molecule has 0 aliphatic rings. The summed E-state index contributed by atoms with van der Waals surface area (Å²) in [4.78, 5) is 0. The fourth-order valence-electron chi connectivity index (χ4n) is 0. The molecule has 6 heteroatoms. The monoisotopic (exact) mass is 656 g/mol. The second-order valence-electron chi connectivity index (χ2n) is 0. The van der Waals surface area contributed by atoms with E-state index < -0.39 is 0 Å². The molecule has 0 bridgehead atoms. The maximum atomic E-state index is 0. The molecule has 0 unspecified atom stereocenters. The van der Waals surface area contributed by atoms with E-state index in [1.807, 2.05) is 0 Å². The minimum atomic E-state index is 0. The second kappa shape index (κ2) is 33.9. The molecule has 0 aromatic heterocycles. The molecular formula is H2Ag5Sn. The zero-order valence-electron chi connectivity index (χ0n) is 2.21. The second-order valence-corrected chi connectivity index (χ2v) is 0. The molecule has 0 fully saturated rings. The van der Waals surface area contributed by atoms with E-state index in [9.17, 15) is 0 Å². The van der Waals surface area contributed by atoms with Crippen LogP contribution < -0.4 is 0 Å². The summed E-state index contributed by atoms with van der Waals surface area (Å²) in [5.74, 6) is 0. The van der Waals surface area contributed by atoms with Gasteiger partial charge in [0, 0.05) is 112 Å². The van der Waals surface area contributed by atoms with Gasteiger partial charge in [-0.2, -0.15) is 0 Å². The first kappa shape index (κ1) is 46.8. The van der Waals surface area contributed by atoms with E-state index in [0.29, 0.717) is 0 Å². The fourth-order valence-corrected chi connectivity index (χ4v) is 0. The predicted molar refractivity (Wildman–Crippen MR) is 8.54 cm³/mol. The van der Waals surface area contributed by atoms with Crippen LogP contribution in [0, 0.1) is 0 Å². The van der Waals surface area contributed by atoms with Crippen molar-refractivity contribution in [1.29, 1.82) is 0 Å². The summed E-state index contributed by atoms with van der Waals surface area (Å²) in [6.07, 6.45) is 0. The molecule has 0 saturated carbocycles. The van der Waals surface area contributed by atoms with E-state index in [4.69, 9.17) is 0 Å². The fraction of sp³-hybridized carbons (Fsp3) is 0. The molecule has 0 aliphatic heterocycles. The average Bonchev–Trinajstić information content (AvgIpc) is 0. The Hall–Kier alpha value is 4.50. The van der Waals surface area contributed by atoms with E-state index in [-0.39, 0.29) is 136 Å². The summed E-state index contributed by atoms with van der Waals surface area (Å²) in [6.45, 7) is 0. The Kier molecular flexibility index (Phi) is 264. The molecule has 0 aromatic carbocycles. The molecule has 0 aliphatic carbocycles. The summed E-state index contributed by atoms with van der Waals surface area (Å²) in [5, 5.41) is 0. The van der Waals surface area contributed by atoms with Crippen molar-refractivity contribution >= 4 is 23.9 Å². The molecule has 0 aromatic rings. The van der Waals surface area contributed by atoms with Gasteiger partial charge < -0.3 is 0 Å². The molecule has 0 atom stereocenters. The molecule has 7 radical (unpaired) electrons. The zero-order valence-corrected chi connectivity index (χ0v) is 13.7. The SMILES string of the molecule is [Ag].[Ag].[Ag].[Ag].[Ag].[SnH2]. The summed E-state index contributed by atoms with van der Waals surface area (Å²) < 4.78 is 0. The van der Waals surface area contributed by atoms with E-state index in [1.165, 1.54) is 0 Å². The van der Waals surface area contributed by atoms with Crippen LogP contribution in [-0.2, 0) is 112 Å². The average molecular weight is 660 g/mol. The number of rotatable bonds is 0. The third kappa shape index (κ3) is 23.6. The zero-order chi connectivity index (χ0) is 0. The molecule has 6 heavy (non-hydrogen) atoms. The number of hydrogen-bond donors (Lipinski definition) is 0. The first-order chi connectivity index (χ1) is 0. The van der Waals surface area contributed by atoms with Crippen molar-refractivity contribution in [3.63, 3.8) is 0 Å². The molecule has 0 amide bonds. The molecule has 61 valence electrons. The van der Waals surface area contributed by atoms with Gasteiger partial charge in [-0.3, -0.25) is 0 Å². The standard InChI is InChI=1S/5Ag.Sn.2H. The Labute approximate surface area is 133 Å². The molecule has 0 N–H and O–H groups in total. The third-order valence-corrected chi connectivity index (χ3v) is 0. The van der Waals surface area contributed by atoms with Crippen LogP contribution in [0.2, 0.25) is 0 Å². The van der Waals surface area contributed by atoms with Gasteiger partial charge in [0.1, 0.15) is 0 Å². The van der Waals surface area contributed by atoms with Crippen molar-refractivity contribution < 1.29 is 112 Å². The maximum absolute atomic E-state index is 0. The topological polar surface area (TPSA) is 0 Å². The van der Waals surface area contributed by atoms with Crippen molar-refractivity contribution in [3.8, 4) is 0 Å². The van der Waals surface area contributed by atoms with Crippen LogP contribution in [0.1, 0.15) is 0 Å². The number of hydrogen-bond acceptors (Lipinski definition) is 0. The Morgan fingerprint density at radius 2 is 0.333 bits per heavy atom. The van der Waals surface area contributed by atoms with Gasteiger partial charge in [-0.15, -0.1) is 0 Å². The van der Waals surface area contributed by atoms with Gasteiger partial charge in [-0.05, 0) is 0 Å². The molecule has 0 spiro atoms. The van der Waals surface area contributed by atoms with Crippen molar-refractivity contribution in [2.75, 3.05) is 0 Å². The summed E-state index contributed by atoms with van der Waals surface area (Å²) in [6, 6.07) is 0. The van der Waals surface area contributed by atoms with Gasteiger partial charge in [0.05, 0.1) is 0 Å². The minimum absolute atomic E-state index is 0. The van der Waals surface area contributed by atoms with Crippen LogP contribution in [0.3, 0.4) is 0 Å².